The van der Waals surface area contributed by atoms with Gasteiger partial charge in [-0.3, -0.25) is 4.79 Å². The van der Waals surface area contributed by atoms with Crippen molar-refractivity contribution in [2.24, 2.45) is 5.92 Å². The van der Waals surface area contributed by atoms with E-state index in [4.69, 9.17) is 9.72 Å². The van der Waals surface area contributed by atoms with Gasteiger partial charge >= 0.3 is 6.09 Å². The number of hydrogen-bond acceptors (Lipinski definition) is 5. The molecule has 2 aromatic heterocycles. The minimum absolute atomic E-state index is 0.101. The van der Waals surface area contributed by atoms with E-state index in [9.17, 15) is 9.59 Å². The highest BCUT2D eigenvalue weighted by Crippen LogP contribution is 2.27. The SMILES string of the molecule is Cc1cccc(C)c1CNc1cc(NC(=O)[C@@H]2CCN(C(=O)OC(C)(C)C)C2)cn2c(C)c(C)nc12. The third kappa shape index (κ3) is 5.48. The molecule has 1 aliphatic rings. The quantitative estimate of drug-likeness (QED) is 0.501. The molecule has 8 heteroatoms. The normalized spacial score (nSPS) is 15.9. The average molecular weight is 492 g/mol. The van der Waals surface area contributed by atoms with E-state index in [2.05, 4.69) is 42.7 Å². The summed E-state index contributed by atoms with van der Waals surface area (Å²) in [7, 11) is 0. The summed E-state index contributed by atoms with van der Waals surface area (Å²) in [6.07, 6.45) is 2.14. The number of aryl methyl sites for hydroxylation is 4. The molecule has 3 heterocycles. The van der Waals surface area contributed by atoms with Crippen LogP contribution in [-0.2, 0) is 16.1 Å². The van der Waals surface area contributed by atoms with Gasteiger partial charge in [0, 0.05) is 31.5 Å². The van der Waals surface area contributed by atoms with Gasteiger partial charge in [0.15, 0.2) is 5.65 Å². The Kier molecular flexibility index (Phi) is 6.98. The van der Waals surface area contributed by atoms with Crippen molar-refractivity contribution >= 4 is 29.0 Å². The highest BCUT2D eigenvalue weighted by Gasteiger charge is 2.33. The topological polar surface area (TPSA) is 88.0 Å². The van der Waals surface area contributed by atoms with E-state index in [1.54, 1.807) is 4.90 Å². The summed E-state index contributed by atoms with van der Waals surface area (Å²) in [5, 5.41) is 6.62. The second-order valence-electron chi connectivity index (χ2n) is 10.7. The number of hydrogen-bond donors (Lipinski definition) is 2. The number of aromatic nitrogens is 2. The zero-order valence-corrected chi connectivity index (χ0v) is 22.4. The number of rotatable bonds is 5. The van der Waals surface area contributed by atoms with Crippen molar-refractivity contribution in [2.75, 3.05) is 23.7 Å². The molecular formula is C28H37N5O3. The van der Waals surface area contributed by atoms with E-state index in [-0.39, 0.29) is 17.9 Å². The molecule has 192 valence electrons. The minimum atomic E-state index is -0.562. The maximum absolute atomic E-state index is 13.1. The summed E-state index contributed by atoms with van der Waals surface area (Å²) in [4.78, 5) is 31.9. The summed E-state index contributed by atoms with van der Waals surface area (Å²) < 4.78 is 7.48. The van der Waals surface area contributed by atoms with Crippen LogP contribution < -0.4 is 10.6 Å². The van der Waals surface area contributed by atoms with Gasteiger partial charge in [-0.2, -0.15) is 0 Å². The van der Waals surface area contributed by atoms with Crippen molar-refractivity contribution in [2.45, 2.75) is 67.0 Å². The number of likely N-dealkylation sites (tertiary alicyclic amines) is 1. The van der Waals surface area contributed by atoms with Crippen LogP contribution in [0.2, 0.25) is 0 Å². The highest BCUT2D eigenvalue weighted by molar-refractivity contribution is 5.94. The Labute approximate surface area is 213 Å². The number of benzene rings is 1. The molecule has 1 aliphatic heterocycles. The number of carbonyl (C=O) groups is 2. The van der Waals surface area contributed by atoms with Gasteiger partial charge in [0.2, 0.25) is 5.91 Å². The number of nitrogens with zero attached hydrogens (tertiary/aromatic N) is 3. The lowest BCUT2D eigenvalue weighted by Crippen LogP contribution is -2.36. The van der Waals surface area contributed by atoms with Gasteiger partial charge in [-0.25, -0.2) is 9.78 Å². The maximum atomic E-state index is 13.1. The number of pyridine rings is 1. The van der Waals surface area contributed by atoms with Crippen molar-refractivity contribution in [3.8, 4) is 0 Å². The number of nitrogens with one attached hydrogen (secondary N) is 2. The van der Waals surface area contributed by atoms with Crippen LogP contribution in [-0.4, -0.2) is 45.0 Å². The fourth-order valence-corrected chi connectivity index (χ4v) is 4.59. The number of anilines is 2. The largest absolute Gasteiger partial charge is 0.444 e. The van der Waals surface area contributed by atoms with E-state index in [0.29, 0.717) is 31.7 Å². The van der Waals surface area contributed by atoms with Gasteiger partial charge in [0.05, 0.1) is 23.0 Å². The van der Waals surface area contributed by atoms with E-state index >= 15 is 0 Å². The van der Waals surface area contributed by atoms with Crippen LogP contribution >= 0.6 is 0 Å². The fourth-order valence-electron chi connectivity index (χ4n) is 4.59. The first-order valence-corrected chi connectivity index (χ1v) is 12.5. The standard InChI is InChI=1S/C28H37N5O3/c1-17-9-8-10-18(2)23(17)14-29-24-13-22(16-33-20(4)19(3)30-25(24)33)31-26(34)21-11-12-32(15-21)27(35)36-28(5,6)7/h8-10,13,16,21,29H,11-12,14-15H2,1-7H3,(H,31,34)/t21-/m1/s1. The lowest BCUT2D eigenvalue weighted by molar-refractivity contribution is -0.119. The molecule has 0 bridgehead atoms. The van der Waals surface area contributed by atoms with Crippen molar-refractivity contribution in [1.82, 2.24) is 14.3 Å². The lowest BCUT2D eigenvalue weighted by atomic mass is 10.0. The molecule has 3 aromatic rings. The van der Waals surface area contributed by atoms with Gasteiger partial charge < -0.3 is 24.7 Å². The first-order chi connectivity index (χ1) is 16.9. The monoisotopic (exact) mass is 491 g/mol. The van der Waals surface area contributed by atoms with E-state index < -0.39 is 5.60 Å². The van der Waals surface area contributed by atoms with Crippen LogP contribution in [0.1, 0.15) is 55.3 Å². The molecule has 0 aliphatic carbocycles. The number of carbonyl (C=O) groups excluding carboxylic acids is 2. The number of fused-ring (bicyclic) bond motifs is 1. The van der Waals surface area contributed by atoms with Crippen molar-refractivity contribution in [3.63, 3.8) is 0 Å². The van der Waals surface area contributed by atoms with Crippen molar-refractivity contribution in [1.29, 1.82) is 0 Å². The Morgan fingerprint density at radius 3 is 2.50 bits per heavy atom. The summed E-state index contributed by atoms with van der Waals surface area (Å²) in [5.74, 6) is -0.388. The molecule has 1 atom stereocenters. The zero-order valence-electron chi connectivity index (χ0n) is 22.4. The number of imidazole rings is 1. The summed E-state index contributed by atoms with van der Waals surface area (Å²) in [6.45, 7) is 15.3. The second kappa shape index (κ2) is 9.84. The molecule has 0 saturated carbocycles. The molecule has 1 aromatic carbocycles. The Bertz CT molecular complexity index is 1280. The molecule has 8 nitrogen and oxygen atoms in total. The van der Waals surface area contributed by atoms with Gasteiger partial charge in [0.1, 0.15) is 5.60 Å². The predicted octanol–water partition coefficient (Wildman–Crippen LogP) is 5.38. The Morgan fingerprint density at radius 1 is 1.14 bits per heavy atom. The molecule has 0 radical (unpaired) electrons. The molecule has 1 saturated heterocycles. The smallest absolute Gasteiger partial charge is 0.410 e. The van der Waals surface area contributed by atoms with E-state index in [1.807, 2.05) is 51.3 Å². The van der Waals surface area contributed by atoms with Crippen LogP contribution in [0.15, 0.2) is 30.5 Å². The summed E-state index contributed by atoms with van der Waals surface area (Å²) in [5.41, 5.74) is 7.48. The Balaban J connectivity index is 1.53. The molecule has 4 rings (SSSR count). The minimum Gasteiger partial charge on any atom is -0.444 e. The first-order valence-electron chi connectivity index (χ1n) is 12.5. The van der Waals surface area contributed by atoms with Crippen molar-refractivity contribution in [3.05, 3.63) is 58.5 Å². The van der Waals surface area contributed by atoms with Crippen LogP contribution in [0.4, 0.5) is 16.2 Å². The van der Waals surface area contributed by atoms with Gasteiger partial charge in [-0.15, -0.1) is 0 Å². The third-order valence-corrected chi connectivity index (χ3v) is 6.77. The molecule has 2 N–H and O–H groups in total. The third-order valence-electron chi connectivity index (χ3n) is 6.77. The molecule has 2 amide bonds. The number of amides is 2. The molecule has 0 spiro atoms. The van der Waals surface area contributed by atoms with Crippen molar-refractivity contribution < 1.29 is 14.3 Å². The average Bonchev–Trinajstić information content (AvgIpc) is 3.39. The zero-order chi connectivity index (χ0) is 26.2. The van der Waals surface area contributed by atoms with Crippen LogP contribution in [0.25, 0.3) is 5.65 Å². The van der Waals surface area contributed by atoms with Crippen LogP contribution in [0.3, 0.4) is 0 Å². The Hall–Kier alpha value is -3.55. The van der Waals surface area contributed by atoms with Gasteiger partial charge in [-0.05, 0) is 77.6 Å². The predicted molar refractivity (Wildman–Crippen MR) is 142 cm³/mol. The molecule has 1 fully saturated rings. The van der Waals surface area contributed by atoms with Crippen LogP contribution in [0, 0.1) is 33.6 Å². The van der Waals surface area contributed by atoms with Gasteiger partial charge in [0.25, 0.3) is 0 Å². The Morgan fingerprint density at radius 2 is 1.83 bits per heavy atom. The maximum Gasteiger partial charge on any atom is 0.410 e. The molecular weight excluding hydrogens is 454 g/mol. The van der Waals surface area contributed by atoms with Gasteiger partial charge in [-0.1, -0.05) is 18.2 Å². The van der Waals surface area contributed by atoms with Crippen LogP contribution in [0.5, 0.6) is 0 Å². The molecule has 36 heavy (non-hydrogen) atoms. The van der Waals surface area contributed by atoms with E-state index in [1.165, 1.54) is 16.7 Å². The summed E-state index contributed by atoms with van der Waals surface area (Å²) >= 11 is 0. The summed E-state index contributed by atoms with van der Waals surface area (Å²) in [6, 6.07) is 8.23. The number of ether oxygens (including phenoxy) is 1. The first kappa shape index (κ1) is 25.5. The fraction of sp³-hybridized carbons (Fsp3) is 0.464. The van der Waals surface area contributed by atoms with E-state index in [0.717, 1.165) is 22.7 Å². The lowest BCUT2D eigenvalue weighted by Gasteiger charge is -2.24. The molecule has 0 unspecified atom stereocenters. The second-order valence-corrected chi connectivity index (χ2v) is 10.7. The highest BCUT2D eigenvalue weighted by atomic mass is 16.6.